The maximum absolute atomic E-state index is 13.3. The fourth-order valence-electron chi connectivity index (χ4n) is 7.61. The number of hydrogen-bond donors (Lipinski definition) is 0. The zero-order valence-corrected chi connectivity index (χ0v) is 34.2. The number of nitrogens with zero attached hydrogens (tertiary/aromatic N) is 8. The van der Waals surface area contributed by atoms with Gasteiger partial charge in [0.05, 0.1) is 23.7 Å². The minimum Gasteiger partial charge on any atom is -0.373 e. The molecule has 276 valence electrons. The van der Waals surface area contributed by atoms with Crippen molar-refractivity contribution in [1.29, 1.82) is 0 Å². The van der Waals surface area contributed by atoms with Crippen molar-refractivity contribution >= 4 is 45.1 Å². The van der Waals surface area contributed by atoms with Crippen molar-refractivity contribution in [3.63, 3.8) is 0 Å². The Hall–Kier alpha value is -2.51. The molecule has 52 heavy (non-hydrogen) atoms. The van der Waals surface area contributed by atoms with Gasteiger partial charge in [-0.3, -0.25) is 18.7 Å². The van der Waals surface area contributed by atoms with E-state index in [0.717, 1.165) is 94.7 Å². The van der Waals surface area contributed by atoms with Gasteiger partial charge < -0.3 is 20.9 Å². The maximum Gasteiger partial charge on any atom is 1.00 e. The number of hydrogen-bond acceptors (Lipinski definition) is 6. The van der Waals surface area contributed by atoms with Gasteiger partial charge >= 0.3 is 29.6 Å². The molecule has 2 heterocycles. The van der Waals surface area contributed by atoms with Crippen LogP contribution >= 0.6 is 23.2 Å². The standard InChI is InChI=1S/C18H24ClNO4S.C17H21ClN4O.N3.Na/c1-25(22,23)24-13-14-4-2-11-20(12-14)17(21)18(9-3-10-18)15-5-7-16(19)8-6-15;18-15-6-4-14(5-7-15)17(8-2-9-17)16(23)22-10-1-3-13(12-22)11-20-21-19;1-3-2;/h5-8,14H,2-4,9-13H2,1H3;4-7,13H,1-3,8-12H2;;/q;;-1;+1/t14-;13-;;/m10../s1. The summed E-state index contributed by atoms with van der Waals surface area (Å²) in [6, 6.07) is 15.3. The minimum atomic E-state index is -3.45. The van der Waals surface area contributed by atoms with Crippen LogP contribution in [0.5, 0.6) is 0 Å². The molecule has 2 aromatic carbocycles. The van der Waals surface area contributed by atoms with E-state index in [4.69, 9.17) is 44.0 Å². The van der Waals surface area contributed by atoms with Crippen molar-refractivity contribution < 1.29 is 51.7 Å². The number of benzene rings is 2. The fraction of sp³-hybridized carbons (Fsp3) is 0.600. The van der Waals surface area contributed by atoms with Gasteiger partial charge in [-0.05, 0) is 98.2 Å². The first-order chi connectivity index (χ1) is 24.4. The van der Waals surface area contributed by atoms with Gasteiger partial charge in [0.1, 0.15) is 0 Å². The first-order valence-electron chi connectivity index (χ1n) is 17.3. The number of piperidine rings is 2. The number of likely N-dealkylation sites (tertiary alicyclic amines) is 2. The van der Waals surface area contributed by atoms with Crippen LogP contribution in [0.15, 0.2) is 53.6 Å². The SMILES string of the molecule is CS(=O)(=O)OC[C@@H]1CCCN(C(=O)C2(c3ccc(Cl)cc3)CCC2)C1.[N-]=[N+]=NC[C@@H]1CCCN(C(=O)C2(c3ccc(Cl)cc3)CCC2)C1.[N-]=[N+]=[N-].[Na+]. The Morgan fingerprint density at radius 1 is 0.788 bits per heavy atom. The van der Waals surface area contributed by atoms with Gasteiger partial charge in [0, 0.05) is 53.6 Å². The second-order valence-electron chi connectivity index (χ2n) is 13.9. The quantitative estimate of drug-likeness (QED) is 0.111. The fourth-order valence-corrected chi connectivity index (χ4v) is 8.30. The van der Waals surface area contributed by atoms with Crippen molar-refractivity contribution in [1.82, 2.24) is 9.80 Å². The van der Waals surface area contributed by atoms with Crippen LogP contribution in [0.1, 0.15) is 75.3 Å². The van der Waals surface area contributed by atoms with Gasteiger partial charge in [-0.1, -0.05) is 65.4 Å². The molecule has 2 aromatic rings. The third kappa shape index (κ3) is 11.3. The summed E-state index contributed by atoms with van der Waals surface area (Å²) in [5, 5.41) is 5.05. The van der Waals surface area contributed by atoms with Gasteiger partial charge in [0.2, 0.25) is 11.8 Å². The van der Waals surface area contributed by atoms with Gasteiger partial charge in [0.25, 0.3) is 10.1 Å². The third-order valence-corrected chi connectivity index (χ3v) is 11.6. The summed E-state index contributed by atoms with van der Waals surface area (Å²) in [5.41, 5.74) is 23.3. The zero-order chi connectivity index (χ0) is 37.1. The summed E-state index contributed by atoms with van der Waals surface area (Å²) in [7, 11) is -3.45. The molecule has 2 aliphatic carbocycles. The third-order valence-electron chi connectivity index (χ3n) is 10.6. The van der Waals surface area contributed by atoms with Crippen LogP contribution in [0.3, 0.4) is 0 Å². The second kappa shape index (κ2) is 20.2. The number of halogens is 2. The molecule has 0 N–H and O–H groups in total. The molecule has 0 spiro atoms. The van der Waals surface area contributed by atoms with Gasteiger partial charge in [0.15, 0.2) is 0 Å². The van der Waals surface area contributed by atoms with Crippen LogP contribution in [-0.4, -0.2) is 75.6 Å². The molecule has 0 aromatic heterocycles. The molecule has 2 saturated heterocycles. The first-order valence-corrected chi connectivity index (χ1v) is 19.9. The number of azide groups is 1. The van der Waals surface area contributed by atoms with Crippen molar-refractivity contribution in [3.8, 4) is 0 Å². The van der Waals surface area contributed by atoms with E-state index in [0.29, 0.717) is 29.7 Å². The molecule has 4 aliphatic rings. The van der Waals surface area contributed by atoms with E-state index in [9.17, 15) is 18.0 Å². The number of rotatable bonds is 9. The van der Waals surface area contributed by atoms with Crippen LogP contribution in [0.2, 0.25) is 10.0 Å². The van der Waals surface area contributed by atoms with Crippen molar-refractivity contribution in [2.24, 2.45) is 17.0 Å². The Morgan fingerprint density at radius 2 is 1.19 bits per heavy atom. The van der Waals surface area contributed by atoms with Crippen LogP contribution < -0.4 is 29.6 Å². The molecule has 4 fully saturated rings. The van der Waals surface area contributed by atoms with Gasteiger partial charge in [-0.2, -0.15) is 8.42 Å². The van der Waals surface area contributed by atoms with Crippen LogP contribution in [0.4, 0.5) is 0 Å². The number of carbonyl (C=O) groups is 2. The largest absolute Gasteiger partial charge is 1.00 e. The molecule has 0 bridgehead atoms. The van der Waals surface area contributed by atoms with Crippen LogP contribution in [0, 0.1) is 11.8 Å². The normalized spacial score (nSPS) is 21.4. The van der Waals surface area contributed by atoms with Gasteiger partial charge in [-0.15, -0.1) is 0 Å². The van der Waals surface area contributed by atoms with E-state index in [2.05, 4.69) is 10.0 Å². The minimum absolute atomic E-state index is 0. The predicted octanol–water partition coefficient (Wildman–Crippen LogP) is 5.16. The molecule has 2 amide bonds. The smallest absolute Gasteiger partial charge is 0.373 e. The maximum atomic E-state index is 13.3. The molecular formula is C35H45Cl2N8NaO5S. The Bertz CT molecular complexity index is 1700. The summed E-state index contributed by atoms with van der Waals surface area (Å²) < 4.78 is 27.3. The number of carbonyl (C=O) groups excluding carboxylic acids is 2. The van der Waals surface area contributed by atoms with E-state index in [1.807, 2.05) is 58.3 Å². The summed E-state index contributed by atoms with van der Waals surface area (Å²) in [4.78, 5) is 34.7. The summed E-state index contributed by atoms with van der Waals surface area (Å²) >= 11 is 12.0. The molecule has 13 nitrogen and oxygen atoms in total. The van der Waals surface area contributed by atoms with E-state index in [1.165, 1.54) is 4.91 Å². The average molecular weight is 784 g/mol. The summed E-state index contributed by atoms with van der Waals surface area (Å²) in [6.07, 6.45) is 10.5. The Labute approximate surface area is 338 Å². The molecule has 17 heteroatoms. The molecular weight excluding hydrogens is 738 g/mol. The topological polar surface area (TPSA) is 191 Å². The molecule has 2 saturated carbocycles. The Balaban J connectivity index is 0.000000257. The Kier molecular flexibility index (Phi) is 17.1. The average Bonchev–Trinajstić information content (AvgIpc) is 3.07. The zero-order valence-electron chi connectivity index (χ0n) is 29.9. The van der Waals surface area contributed by atoms with Crippen LogP contribution in [-0.2, 0) is 34.7 Å². The molecule has 0 unspecified atom stereocenters. The van der Waals surface area contributed by atoms with Crippen molar-refractivity contribution in [2.45, 2.75) is 75.0 Å². The van der Waals surface area contributed by atoms with E-state index < -0.39 is 15.5 Å². The van der Waals surface area contributed by atoms with Gasteiger partial charge in [-0.25, -0.2) is 0 Å². The van der Waals surface area contributed by atoms with Crippen molar-refractivity contribution in [3.05, 3.63) is 96.1 Å². The molecule has 0 radical (unpaired) electrons. The molecule has 6 rings (SSSR count). The summed E-state index contributed by atoms with van der Waals surface area (Å²) in [5.74, 6) is 0.738. The van der Waals surface area contributed by atoms with E-state index >= 15 is 0 Å². The summed E-state index contributed by atoms with van der Waals surface area (Å²) in [6.45, 7) is 3.42. The second-order valence-corrected chi connectivity index (χ2v) is 16.4. The van der Waals surface area contributed by atoms with E-state index in [-0.39, 0.29) is 65.2 Å². The first kappa shape index (κ1) is 43.9. The Morgan fingerprint density at radius 3 is 1.56 bits per heavy atom. The van der Waals surface area contributed by atoms with E-state index in [1.54, 1.807) is 0 Å². The van der Waals surface area contributed by atoms with Crippen molar-refractivity contribution in [2.75, 3.05) is 45.6 Å². The molecule has 2 atom stereocenters. The number of amides is 2. The monoisotopic (exact) mass is 782 g/mol. The van der Waals surface area contributed by atoms with Crippen LogP contribution in [0.25, 0.3) is 26.4 Å². The predicted molar refractivity (Wildman–Crippen MR) is 197 cm³/mol. The molecule has 2 aliphatic heterocycles.